The number of benzene rings is 1. The van der Waals surface area contributed by atoms with Gasteiger partial charge in [0.05, 0.1) is 6.26 Å². The molecule has 1 aromatic heterocycles. The van der Waals surface area contributed by atoms with E-state index >= 15 is 0 Å². The van der Waals surface area contributed by atoms with Crippen LogP contribution in [0.5, 0.6) is 0 Å². The maximum Gasteiger partial charge on any atom is 0.173 e. The Labute approximate surface area is 123 Å². The molecule has 0 bridgehead atoms. The fourth-order valence-corrected chi connectivity index (χ4v) is 2.71. The molecule has 1 unspecified atom stereocenters. The Morgan fingerprint density at radius 3 is 2.32 bits per heavy atom. The summed E-state index contributed by atoms with van der Waals surface area (Å²) < 4.78 is 6.12. The molecule has 0 saturated carbocycles. The molecular weight excluding hydrogens is 302 g/mol. The van der Waals surface area contributed by atoms with Crippen LogP contribution in [0.3, 0.4) is 0 Å². The van der Waals surface area contributed by atoms with Crippen molar-refractivity contribution in [1.29, 1.82) is 0 Å². The quantitative estimate of drug-likeness (QED) is 0.865. The molecule has 19 heavy (non-hydrogen) atoms. The largest absolute Gasteiger partial charge is 0.457 e. The first-order chi connectivity index (χ1) is 9.11. The summed E-state index contributed by atoms with van der Waals surface area (Å²) in [5.41, 5.74) is 3.88. The van der Waals surface area contributed by atoms with Crippen molar-refractivity contribution in [3.05, 3.63) is 58.0 Å². The number of halogens is 1. The number of likely N-dealkylation sites (N-methyl/N-ethyl adjacent to an activating group) is 1. The normalized spacial score (nSPS) is 12.9. The topological polar surface area (TPSA) is 25.2 Å². The van der Waals surface area contributed by atoms with Crippen LogP contribution >= 0.6 is 15.9 Å². The molecule has 1 atom stereocenters. The van der Waals surface area contributed by atoms with Gasteiger partial charge in [0, 0.05) is 11.6 Å². The summed E-state index contributed by atoms with van der Waals surface area (Å²) in [4.78, 5) is 0. The van der Waals surface area contributed by atoms with E-state index in [4.69, 9.17) is 4.42 Å². The van der Waals surface area contributed by atoms with E-state index < -0.39 is 0 Å². The lowest BCUT2D eigenvalue weighted by molar-refractivity contribution is 0.518. The first kappa shape index (κ1) is 14.4. The van der Waals surface area contributed by atoms with E-state index in [2.05, 4.69) is 59.4 Å². The second kappa shape index (κ2) is 6.40. The Morgan fingerprint density at radius 2 is 1.84 bits per heavy atom. The number of furan rings is 1. The van der Waals surface area contributed by atoms with Crippen LogP contribution in [0.4, 0.5) is 0 Å². The summed E-state index contributed by atoms with van der Waals surface area (Å²) in [6.07, 6.45) is 2.67. The van der Waals surface area contributed by atoms with Crippen molar-refractivity contribution in [3.63, 3.8) is 0 Å². The molecule has 0 spiro atoms. The summed E-state index contributed by atoms with van der Waals surface area (Å²) in [5, 5.41) is 3.34. The van der Waals surface area contributed by atoms with Crippen molar-refractivity contribution >= 4 is 15.9 Å². The van der Waals surface area contributed by atoms with Gasteiger partial charge in [0.1, 0.15) is 0 Å². The van der Waals surface area contributed by atoms with Crippen molar-refractivity contribution in [2.75, 3.05) is 7.05 Å². The van der Waals surface area contributed by atoms with Crippen molar-refractivity contribution in [2.24, 2.45) is 0 Å². The zero-order chi connectivity index (χ0) is 13.8. The van der Waals surface area contributed by atoms with Crippen LogP contribution in [0, 0.1) is 0 Å². The highest BCUT2D eigenvalue weighted by Crippen LogP contribution is 2.27. The predicted molar refractivity (Wildman–Crippen MR) is 82.4 cm³/mol. The summed E-state index contributed by atoms with van der Waals surface area (Å²) in [5.74, 6) is 0.581. The van der Waals surface area contributed by atoms with Gasteiger partial charge in [-0.05, 0) is 52.5 Å². The zero-order valence-electron chi connectivity index (χ0n) is 11.6. The Balaban J connectivity index is 2.13. The number of hydrogen-bond donors (Lipinski definition) is 1. The van der Waals surface area contributed by atoms with Gasteiger partial charge in [-0.3, -0.25) is 0 Å². The summed E-state index contributed by atoms with van der Waals surface area (Å²) >= 11 is 3.45. The lowest BCUT2D eigenvalue weighted by Crippen LogP contribution is -2.18. The molecule has 0 amide bonds. The molecule has 1 heterocycles. The molecule has 0 aliphatic heterocycles. The minimum atomic E-state index is 0.262. The van der Waals surface area contributed by atoms with E-state index in [9.17, 15) is 0 Å². The van der Waals surface area contributed by atoms with Gasteiger partial charge in [-0.15, -0.1) is 0 Å². The van der Waals surface area contributed by atoms with Crippen LogP contribution in [-0.2, 0) is 6.42 Å². The Morgan fingerprint density at radius 1 is 1.16 bits per heavy atom. The van der Waals surface area contributed by atoms with Gasteiger partial charge in [0.15, 0.2) is 4.67 Å². The van der Waals surface area contributed by atoms with Gasteiger partial charge < -0.3 is 9.73 Å². The third-order valence-corrected chi connectivity index (χ3v) is 4.10. The second-order valence-corrected chi connectivity index (χ2v) is 5.81. The minimum Gasteiger partial charge on any atom is -0.457 e. The Bertz CT molecular complexity index is 516. The van der Waals surface area contributed by atoms with Crippen molar-refractivity contribution in [1.82, 2.24) is 5.32 Å². The standard InChI is InChI=1S/C16H20BrNO/c1-11(2)13-6-4-12(5-7-13)10-15(18-3)14-8-9-19-16(14)17/h4-9,11,15,18H,10H2,1-3H3. The van der Waals surface area contributed by atoms with E-state index in [-0.39, 0.29) is 6.04 Å². The van der Waals surface area contributed by atoms with Gasteiger partial charge >= 0.3 is 0 Å². The SMILES string of the molecule is CNC(Cc1ccc(C(C)C)cc1)c1ccoc1Br. The van der Waals surface area contributed by atoms with Gasteiger partial charge in [0.25, 0.3) is 0 Å². The summed E-state index contributed by atoms with van der Waals surface area (Å²) in [6.45, 7) is 4.43. The number of nitrogens with one attached hydrogen (secondary N) is 1. The van der Waals surface area contributed by atoms with Gasteiger partial charge in [-0.25, -0.2) is 0 Å². The van der Waals surface area contributed by atoms with Gasteiger partial charge in [-0.2, -0.15) is 0 Å². The average molecular weight is 322 g/mol. The molecule has 102 valence electrons. The lowest BCUT2D eigenvalue weighted by Gasteiger charge is -2.16. The summed E-state index contributed by atoms with van der Waals surface area (Å²) in [6, 6.07) is 11.1. The molecule has 1 N–H and O–H groups in total. The predicted octanol–water partition coefficient (Wildman–Crippen LogP) is 4.67. The molecule has 0 fully saturated rings. The highest BCUT2D eigenvalue weighted by atomic mass is 79.9. The highest BCUT2D eigenvalue weighted by Gasteiger charge is 2.15. The fraction of sp³-hybridized carbons (Fsp3) is 0.375. The average Bonchev–Trinajstić information content (AvgIpc) is 2.83. The molecule has 0 aliphatic carbocycles. The molecule has 0 radical (unpaired) electrons. The third kappa shape index (κ3) is 3.48. The molecule has 1 aromatic carbocycles. The van der Waals surface area contributed by atoms with E-state index in [0.717, 1.165) is 16.7 Å². The van der Waals surface area contributed by atoms with Gasteiger partial charge in [-0.1, -0.05) is 38.1 Å². The van der Waals surface area contributed by atoms with Crippen LogP contribution in [0.25, 0.3) is 0 Å². The summed E-state index contributed by atoms with van der Waals surface area (Å²) in [7, 11) is 1.98. The second-order valence-electron chi connectivity index (χ2n) is 5.09. The maximum absolute atomic E-state index is 5.31. The van der Waals surface area contributed by atoms with Crippen LogP contribution in [0.2, 0.25) is 0 Å². The van der Waals surface area contributed by atoms with E-state index in [0.29, 0.717) is 5.92 Å². The molecule has 0 saturated heterocycles. The van der Waals surface area contributed by atoms with Crippen LogP contribution < -0.4 is 5.32 Å². The Hall–Kier alpha value is -1.06. The molecular formula is C16H20BrNO. The number of hydrogen-bond acceptors (Lipinski definition) is 2. The molecule has 2 nitrogen and oxygen atoms in total. The first-order valence-electron chi connectivity index (χ1n) is 6.60. The monoisotopic (exact) mass is 321 g/mol. The van der Waals surface area contributed by atoms with Crippen LogP contribution in [-0.4, -0.2) is 7.05 Å². The maximum atomic E-state index is 5.31. The van der Waals surface area contributed by atoms with E-state index in [1.54, 1.807) is 6.26 Å². The molecule has 2 aromatic rings. The first-order valence-corrected chi connectivity index (χ1v) is 7.40. The van der Waals surface area contributed by atoms with Crippen LogP contribution in [0.1, 0.15) is 42.5 Å². The Kier molecular flexibility index (Phi) is 4.83. The lowest BCUT2D eigenvalue weighted by atomic mass is 9.97. The van der Waals surface area contributed by atoms with Crippen molar-refractivity contribution < 1.29 is 4.42 Å². The van der Waals surface area contributed by atoms with Crippen molar-refractivity contribution in [2.45, 2.75) is 32.2 Å². The molecule has 3 heteroatoms. The highest BCUT2D eigenvalue weighted by molar-refractivity contribution is 9.10. The van der Waals surface area contributed by atoms with E-state index in [1.807, 2.05) is 13.1 Å². The molecule has 0 aliphatic rings. The smallest absolute Gasteiger partial charge is 0.173 e. The fourth-order valence-electron chi connectivity index (χ4n) is 2.20. The van der Waals surface area contributed by atoms with E-state index in [1.165, 1.54) is 11.1 Å². The molecule has 2 rings (SSSR count). The van der Waals surface area contributed by atoms with Gasteiger partial charge in [0.2, 0.25) is 0 Å². The third-order valence-electron chi connectivity index (χ3n) is 3.46. The van der Waals surface area contributed by atoms with Crippen molar-refractivity contribution in [3.8, 4) is 0 Å². The zero-order valence-corrected chi connectivity index (χ0v) is 13.2. The minimum absolute atomic E-state index is 0.262. The van der Waals surface area contributed by atoms with Crippen LogP contribution in [0.15, 0.2) is 45.7 Å². The number of rotatable bonds is 5.